The number of carbonyl (C=O) groups excluding carboxylic acids is 1. The summed E-state index contributed by atoms with van der Waals surface area (Å²) >= 11 is 0. The lowest BCUT2D eigenvalue weighted by Crippen LogP contribution is -2.56. The van der Waals surface area contributed by atoms with E-state index >= 15 is 0 Å². The first kappa shape index (κ1) is 18.3. The van der Waals surface area contributed by atoms with Crippen molar-refractivity contribution in [2.24, 2.45) is 11.8 Å². The Morgan fingerprint density at radius 1 is 1.26 bits per heavy atom. The van der Waals surface area contributed by atoms with E-state index in [4.69, 9.17) is 5.11 Å². The Kier molecular flexibility index (Phi) is 5.38. The lowest BCUT2D eigenvalue weighted by molar-refractivity contribution is -0.140. The van der Waals surface area contributed by atoms with E-state index in [1.54, 1.807) is 12.4 Å². The van der Waals surface area contributed by atoms with Crippen molar-refractivity contribution in [3.8, 4) is 0 Å². The largest absolute Gasteiger partial charge is 0.480 e. The molecule has 2 unspecified atom stereocenters. The number of hydrogen-bond acceptors (Lipinski definition) is 6. The number of aliphatic carboxylic acids is 1. The monoisotopic (exact) mass is 373 g/mol. The minimum absolute atomic E-state index is 0.0461. The minimum Gasteiger partial charge on any atom is -0.480 e. The van der Waals surface area contributed by atoms with Crippen LogP contribution < -0.4 is 16.2 Å². The summed E-state index contributed by atoms with van der Waals surface area (Å²) in [7, 11) is 0. The van der Waals surface area contributed by atoms with Gasteiger partial charge in [-0.05, 0) is 49.3 Å². The Hall–Kier alpha value is -2.03. The van der Waals surface area contributed by atoms with E-state index in [0.717, 1.165) is 24.9 Å². The van der Waals surface area contributed by atoms with Crippen molar-refractivity contribution in [1.82, 2.24) is 26.1 Å². The Balaban J connectivity index is 1.28. The van der Waals surface area contributed by atoms with Crippen molar-refractivity contribution in [2.75, 3.05) is 19.6 Å². The maximum Gasteiger partial charge on any atom is 0.317 e. The van der Waals surface area contributed by atoms with E-state index < -0.39 is 5.97 Å². The number of aromatic nitrogens is 1. The molecule has 1 saturated heterocycles. The van der Waals surface area contributed by atoms with Crippen LogP contribution in [-0.4, -0.2) is 58.6 Å². The Morgan fingerprint density at radius 3 is 2.67 bits per heavy atom. The van der Waals surface area contributed by atoms with Gasteiger partial charge in [0.2, 0.25) is 5.91 Å². The van der Waals surface area contributed by atoms with Crippen LogP contribution >= 0.6 is 0 Å². The second-order valence-electron chi connectivity index (χ2n) is 7.99. The van der Waals surface area contributed by atoms with E-state index in [2.05, 4.69) is 26.1 Å². The molecule has 0 radical (unpaired) electrons. The summed E-state index contributed by atoms with van der Waals surface area (Å²) in [5, 5.41) is 12.3. The van der Waals surface area contributed by atoms with Crippen LogP contribution in [-0.2, 0) is 9.59 Å². The average molecular weight is 373 g/mol. The third kappa shape index (κ3) is 4.45. The third-order valence-electron chi connectivity index (χ3n) is 5.89. The summed E-state index contributed by atoms with van der Waals surface area (Å²) < 4.78 is 0. The maximum absolute atomic E-state index is 12.8. The highest BCUT2D eigenvalue weighted by atomic mass is 16.4. The first-order valence-corrected chi connectivity index (χ1v) is 9.74. The van der Waals surface area contributed by atoms with Gasteiger partial charge in [-0.2, -0.15) is 0 Å². The summed E-state index contributed by atoms with van der Waals surface area (Å²) in [5.41, 5.74) is 7.30. The predicted molar refractivity (Wildman–Crippen MR) is 98.5 cm³/mol. The third-order valence-corrected chi connectivity index (χ3v) is 5.89. The highest BCUT2D eigenvalue weighted by Gasteiger charge is 2.40. The van der Waals surface area contributed by atoms with Gasteiger partial charge in [-0.25, -0.2) is 5.43 Å². The quantitative estimate of drug-likeness (QED) is 0.519. The van der Waals surface area contributed by atoms with Gasteiger partial charge in [0.05, 0.1) is 18.5 Å². The van der Waals surface area contributed by atoms with Gasteiger partial charge in [0.1, 0.15) is 0 Å². The van der Waals surface area contributed by atoms with Crippen molar-refractivity contribution in [3.05, 3.63) is 30.1 Å². The molecule has 0 bridgehead atoms. The van der Waals surface area contributed by atoms with Crippen LogP contribution in [0.1, 0.15) is 37.3 Å². The van der Waals surface area contributed by atoms with Crippen molar-refractivity contribution in [3.63, 3.8) is 0 Å². The van der Waals surface area contributed by atoms with Gasteiger partial charge in [0.25, 0.3) is 0 Å². The molecule has 4 rings (SSSR count). The number of amides is 1. The number of carboxylic acids is 1. The van der Waals surface area contributed by atoms with Crippen LogP contribution in [0.2, 0.25) is 0 Å². The van der Waals surface area contributed by atoms with E-state index in [1.165, 1.54) is 12.8 Å². The second-order valence-corrected chi connectivity index (χ2v) is 7.99. The van der Waals surface area contributed by atoms with Gasteiger partial charge in [-0.1, -0.05) is 0 Å². The second kappa shape index (κ2) is 7.92. The van der Waals surface area contributed by atoms with Crippen molar-refractivity contribution < 1.29 is 14.7 Å². The molecule has 27 heavy (non-hydrogen) atoms. The summed E-state index contributed by atoms with van der Waals surface area (Å²) in [6.07, 6.45) is 7.55. The normalized spacial score (nSPS) is 30.1. The predicted octanol–water partition coefficient (Wildman–Crippen LogP) is 0.291. The van der Waals surface area contributed by atoms with Gasteiger partial charge in [0, 0.05) is 37.6 Å². The molecule has 3 aliphatic rings. The SMILES string of the molecule is O=C(O)CN(CC1CC1)C1CC(NC(=O)C2CNNC2c2ccncc2)C1. The number of carbonyl (C=O) groups is 2. The van der Waals surface area contributed by atoms with Crippen LogP contribution in [0.3, 0.4) is 0 Å². The van der Waals surface area contributed by atoms with E-state index in [0.29, 0.717) is 12.5 Å². The van der Waals surface area contributed by atoms with Gasteiger partial charge in [0.15, 0.2) is 0 Å². The Morgan fingerprint density at radius 2 is 2.00 bits per heavy atom. The topological polar surface area (TPSA) is 107 Å². The molecular formula is C19H27N5O3. The smallest absolute Gasteiger partial charge is 0.317 e. The van der Waals surface area contributed by atoms with Crippen LogP contribution in [0, 0.1) is 11.8 Å². The standard InChI is InChI=1S/C19H27N5O3/c25-17(26)11-24(10-12-1-2-12)15-7-14(8-15)22-19(27)16-9-21-23-18(16)13-3-5-20-6-4-13/h3-6,12,14-16,18,21,23H,1-2,7-11H2,(H,22,27)(H,25,26). The first-order chi connectivity index (χ1) is 13.1. The summed E-state index contributed by atoms with van der Waals surface area (Å²) in [6, 6.07) is 4.18. The number of rotatable bonds is 8. The van der Waals surface area contributed by atoms with Gasteiger partial charge in [-0.3, -0.25) is 24.9 Å². The molecule has 1 aromatic heterocycles. The Labute approximate surface area is 158 Å². The number of hydrogen-bond donors (Lipinski definition) is 4. The highest BCUT2D eigenvalue weighted by Crippen LogP contribution is 2.34. The Bertz CT molecular complexity index is 675. The average Bonchev–Trinajstić information content (AvgIpc) is 3.29. The van der Waals surface area contributed by atoms with Crippen LogP contribution in [0.5, 0.6) is 0 Å². The highest BCUT2D eigenvalue weighted by molar-refractivity contribution is 5.80. The van der Waals surface area contributed by atoms with Gasteiger partial charge < -0.3 is 10.4 Å². The number of pyridine rings is 1. The molecule has 1 aliphatic heterocycles. The van der Waals surface area contributed by atoms with Gasteiger partial charge in [-0.15, -0.1) is 0 Å². The molecule has 8 heteroatoms. The molecule has 2 heterocycles. The van der Waals surface area contributed by atoms with Crippen LogP contribution in [0.25, 0.3) is 0 Å². The van der Waals surface area contributed by atoms with Crippen molar-refractivity contribution >= 4 is 11.9 Å². The van der Waals surface area contributed by atoms with Crippen LogP contribution in [0.15, 0.2) is 24.5 Å². The van der Waals surface area contributed by atoms with Gasteiger partial charge >= 0.3 is 5.97 Å². The fourth-order valence-electron chi connectivity index (χ4n) is 4.09. The molecule has 2 aliphatic carbocycles. The minimum atomic E-state index is -0.772. The van der Waals surface area contributed by atoms with E-state index in [9.17, 15) is 9.59 Å². The molecule has 8 nitrogen and oxygen atoms in total. The van der Waals surface area contributed by atoms with E-state index in [1.807, 2.05) is 12.1 Å². The maximum atomic E-state index is 12.8. The van der Waals surface area contributed by atoms with Crippen LogP contribution in [0.4, 0.5) is 0 Å². The van der Waals surface area contributed by atoms with Crippen molar-refractivity contribution in [1.29, 1.82) is 0 Å². The molecule has 4 N–H and O–H groups in total. The molecule has 1 aromatic rings. The number of carboxylic acid groups (broad SMARTS) is 1. The molecule has 2 atom stereocenters. The number of nitrogens with one attached hydrogen (secondary N) is 3. The molecule has 3 fully saturated rings. The van der Waals surface area contributed by atoms with Crippen molar-refractivity contribution in [2.45, 2.75) is 43.8 Å². The zero-order chi connectivity index (χ0) is 18.8. The summed E-state index contributed by atoms with van der Waals surface area (Å²) in [6.45, 7) is 1.56. The number of hydrazine groups is 1. The van der Waals surface area contributed by atoms with E-state index in [-0.39, 0.29) is 36.5 Å². The molecule has 1 amide bonds. The first-order valence-electron chi connectivity index (χ1n) is 9.74. The molecule has 0 aromatic carbocycles. The zero-order valence-electron chi connectivity index (χ0n) is 15.3. The fourth-order valence-corrected chi connectivity index (χ4v) is 4.09. The number of nitrogens with zero attached hydrogens (tertiary/aromatic N) is 2. The lowest BCUT2D eigenvalue weighted by atomic mass is 9.84. The molecule has 146 valence electrons. The summed E-state index contributed by atoms with van der Waals surface area (Å²) in [4.78, 5) is 30.0. The zero-order valence-corrected chi connectivity index (χ0v) is 15.3. The summed E-state index contributed by atoms with van der Waals surface area (Å²) in [5.74, 6) is -0.237. The molecule has 2 saturated carbocycles. The molecular weight excluding hydrogens is 346 g/mol. The lowest BCUT2D eigenvalue weighted by Gasteiger charge is -2.43. The molecule has 0 spiro atoms. The fraction of sp³-hybridized carbons (Fsp3) is 0.632.